The van der Waals surface area contributed by atoms with Crippen LogP contribution in [0.15, 0.2) is 0 Å². The second kappa shape index (κ2) is 14.4. The van der Waals surface area contributed by atoms with Crippen molar-refractivity contribution in [2.45, 2.75) is 57.3 Å². The first kappa shape index (κ1) is 6.83. The largest absolute Gasteiger partial charge is 0.480 e. The van der Waals surface area contributed by atoms with Crippen molar-refractivity contribution in [1.82, 2.24) is 0 Å². The lowest BCUT2D eigenvalue weighted by Gasteiger charge is -2.05. The molecule has 0 unspecified atom stereocenters. The van der Waals surface area contributed by atoms with Gasteiger partial charge in [-0.05, 0) is 45.5 Å². The molecule has 0 spiro atoms. The van der Waals surface area contributed by atoms with E-state index in [1.54, 1.807) is 0 Å². The van der Waals surface area contributed by atoms with Crippen LogP contribution in [0.3, 0.4) is 0 Å². The molecule has 0 saturated carbocycles. The summed E-state index contributed by atoms with van der Waals surface area (Å²) in [5.74, 6) is -2.46. The minimum Gasteiger partial charge on any atom is -0.480 e. The molecule has 0 aromatic carbocycles. The standard InChI is InChI=1S/C7H16N2O.C6H14N2O2/c1-6(10)7(9)4-2-3-5-8;7-4-2-1-3-5(8)6(9)10/h7H,2-5,8-9H2,1H3;5H,1-4,7-8H2,(H,9,10)/t7-;5-/m10/s1/i2D2,3D2,4D2,5D2,7D;2D2,4D2. The van der Waals surface area contributed by atoms with E-state index in [9.17, 15) is 9.59 Å². The molecule has 0 aliphatic rings. The van der Waals surface area contributed by atoms with Crippen molar-refractivity contribution in [3.8, 4) is 0 Å². The van der Waals surface area contributed by atoms with Gasteiger partial charge in [0.25, 0.3) is 0 Å². The average Bonchev–Trinajstić information content (AvgIpc) is 2.57. The van der Waals surface area contributed by atoms with Crippen molar-refractivity contribution in [3.05, 3.63) is 0 Å². The van der Waals surface area contributed by atoms with Crippen LogP contribution in [0.2, 0.25) is 0 Å². The van der Waals surface area contributed by atoms with Gasteiger partial charge in [-0.3, -0.25) is 9.59 Å². The third-order valence-electron chi connectivity index (χ3n) is 1.71. The van der Waals surface area contributed by atoms with E-state index in [-0.39, 0.29) is 12.8 Å². The molecule has 0 aromatic rings. The fourth-order valence-corrected chi connectivity index (χ4v) is 0.646. The molecule has 0 aromatic heterocycles. The topological polar surface area (TPSA) is 158 Å². The minimum atomic E-state index is -3.62. The van der Waals surface area contributed by atoms with E-state index in [0.717, 1.165) is 6.92 Å². The molecule has 0 fully saturated rings. The Morgan fingerprint density at radius 3 is 2.15 bits per heavy atom. The summed E-state index contributed by atoms with van der Waals surface area (Å²) < 4.78 is 94.6. The number of carboxylic acid groups (broad SMARTS) is 1. The predicted octanol–water partition coefficient (Wildman–Crippen LogP) is -0.441. The first-order valence-corrected chi connectivity index (χ1v) is 5.38. The number of ketones is 1. The Morgan fingerprint density at radius 1 is 1.20 bits per heavy atom. The Morgan fingerprint density at radius 2 is 1.75 bits per heavy atom. The smallest absolute Gasteiger partial charge is 0.320 e. The fraction of sp³-hybridized carbons (Fsp3) is 0.846. The Hall–Kier alpha value is -1.02. The summed E-state index contributed by atoms with van der Waals surface area (Å²) >= 11 is 0. The Labute approximate surface area is 139 Å². The van der Waals surface area contributed by atoms with E-state index in [0.29, 0.717) is 0 Å². The van der Waals surface area contributed by atoms with E-state index in [1.165, 1.54) is 0 Å². The number of hydrogen-bond acceptors (Lipinski definition) is 6. The van der Waals surface area contributed by atoms with Crippen LogP contribution in [0, 0.1) is 0 Å². The van der Waals surface area contributed by atoms with E-state index in [4.69, 9.17) is 45.9 Å². The molecule has 20 heavy (non-hydrogen) atoms. The van der Waals surface area contributed by atoms with Crippen LogP contribution in [0.4, 0.5) is 0 Å². The summed E-state index contributed by atoms with van der Waals surface area (Å²) in [6.07, 6.45) is -13.4. The second-order valence-electron chi connectivity index (χ2n) is 3.29. The highest BCUT2D eigenvalue weighted by Gasteiger charge is 2.09. The SMILES string of the molecule is [2H]C([2H])(N)C([2H])([2H])C([2H])([2H])C([2H])([2H])[C@@]([2H])(N)C(C)=O.[2H]C([2H])(N)C([2H])([2H])CC[C@H](N)C(=O)O. The molecule has 7 nitrogen and oxygen atoms in total. The maximum Gasteiger partial charge on any atom is 0.320 e. The summed E-state index contributed by atoms with van der Waals surface area (Å²) in [5.41, 5.74) is 20.1. The zero-order valence-electron chi connectivity index (χ0n) is 24.1. The second-order valence-corrected chi connectivity index (χ2v) is 3.29. The van der Waals surface area contributed by atoms with Crippen molar-refractivity contribution >= 4 is 11.8 Å². The van der Waals surface area contributed by atoms with Crippen LogP contribution in [0.1, 0.15) is 63.1 Å². The Bertz CT molecular complexity index is 705. The third kappa shape index (κ3) is 15.0. The molecular formula is C13H30N4O3. The number of Topliss-reactive ketones (excluding diaryl/α,β-unsaturated/α-hetero) is 1. The third-order valence-corrected chi connectivity index (χ3v) is 1.71. The maximum absolute atomic E-state index is 11.2. The van der Waals surface area contributed by atoms with Crippen molar-refractivity contribution in [2.24, 2.45) is 22.9 Å². The number of carbonyl (C=O) groups excluding carboxylic acids is 1. The number of rotatable bonds is 10. The quantitative estimate of drug-likeness (QED) is 0.366. The number of hydrogen-bond donors (Lipinski definition) is 5. The summed E-state index contributed by atoms with van der Waals surface area (Å²) in [6.45, 7) is -4.98. The Kier molecular flexibility index (Phi) is 4.91. The van der Waals surface area contributed by atoms with Gasteiger partial charge in [-0.25, -0.2) is 0 Å². The minimum absolute atomic E-state index is 0.154. The zero-order chi connectivity index (χ0) is 27.6. The van der Waals surface area contributed by atoms with Crippen LogP contribution in [0.5, 0.6) is 0 Å². The molecule has 9 N–H and O–H groups in total. The molecule has 0 heterocycles. The molecule has 7 heteroatoms. The molecule has 0 amide bonds. The molecule has 0 aliphatic heterocycles. The van der Waals surface area contributed by atoms with Gasteiger partial charge in [0.15, 0.2) is 0 Å². The lowest BCUT2D eigenvalue weighted by molar-refractivity contribution is -0.138. The van der Waals surface area contributed by atoms with Crippen LogP contribution < -0.4 is 22.9 Å². The van der Waals surface area contributed by atoms with Gasteiger partial charge in [0, 0.05) is 16.4 Å². The van der Waals surface area contributed by atoms with E-state index >= 15 is 0 Å². The van der Waals surface area contributed by atoms with Crippen LogP contribution in [-0.2, 0) is 9.59 Å². The Balaban J connectivity index is 0. The number of nitrogens with two attached hydrogens (primary N) is 4. The van der Waals surface area contributed by atoms with Gasteiger partial charge in [0.1, 0.15) is 11.8 Å². The molecule has 120 valence electrons. The fourth-order valence-electron chi connectivity index (χ4n) is 0.646. The summed E-state index contributed by atoms with van der Waals surface area (Å²) in [6, 6.07) is -4.28. The monoisotopic (exact) mass is 303 g/mol. The summed E-state index contributed by atoms with van der Waals surface area (Å²) in [5, 5.41) is 8.41. The van der Waals surface area contributed by atoms with Gasteiger partial charge in [-0.1, -0.05) is 12.8 Å². The van der Waals surface area contributed by atoms with Crippen molar-refractivity contribution < 1.29 is 32.5 Å². The molecular weight excluding hydrogens is 260 g/mol. The number of carboxylic acids is 1. The van der Waals surface area contributed by atoms with Crippen LogP contribution in [-0.4, -0.2) is 41.9 Å². The zero-order valence-corrected chi connectivity index (χ0v) is 11.1. The van der Waals surface area contributed by atoms with Crippen LogP contribution >= 0.6 is 0 Å². The first-order valence-electron chi connectivity index (χ1n) is 11.9. The van der Waals surface area contributed by atoms with Crippen LogP contribution in [0.25, 0.3) is 0 Å². The number of aliphatic carboxylic acids is 1. The highest BCUT2D eigenvalue weighted by Crippen LogP contribution is 1.98. The molecule has 0 radical (unpaired) electrons. The van der Waals surface area contributed by atoms with Gasteiger partial charge in [-0.15, -0.1) is 0 Å². The van der Waals surface area contributed by atoms with E-state index < -0.39 is 62.3 Å². The van der Waals surface area contributed by atoms with Gasteiger partial charge < -0.3 is 28.0 Å². The molecule has 0 bridgehead atoms. The van der Waals surface area contributed by atoms with Crippen molar-refractivity contribution in [2.75, 3.05) is 13.0 Å². The maximum atomic E-state index is 11.2. The lowest BCUT2D eigenvalue weighted by Crippen LogP contribution is -2.29. The molecule has 0 aliphatic carbocycles. The van der Waals surface area contributed by atoms with Gasteiger partial charge in [-0.2, -0.15) is 0 Å². The van der Waals surface area contributed by atoms with Gasteiger partial charge in [0.2, 0.25) is 0 Å². The normalized spacial score (nSPS) is 28.6. The highest BCUT2D eigenvalue weighted by molar-refractivity contribution is 5.81. The van der Waals surface area contributed by atoms with E-state index in [1.807, 2.05) is 0 Å². The van der Waals surface area contributed by atoms with Gasteiger partial charge >= 0.3 is 5.97 Å². The average molecular weight is 303 g/mol. The lowest BCUT2D eigenvalue weighted by atomic mass is 10.1. The molecule has 0 saturated heterocycles. The van der Waals surface area contributed by atoms with Crippen molar-refractivity contribution in [1.29, 1.82) is 0 Å². The van der Waals surface area contributed by atoms with Gasteiger partial charge in [0.05, 0.1) is 7.39 Å². The number of carbonyl (C=O) groups is 2. The molecule has 0 rings (SSSR count). The highest BCUT2D eigenvalue weighted by atomic mass is 16.4. The summed E-state index contributed by atoms with van der Waals surface area (Å²) in [4.78, 5) is 21.5. The van der Waals surface area contributed by atoms with E-state index in [2.05, 4.69) is 0 Å². The summed E-state index contributed by atoms with van der Waals surface area (Å²) in [7, 11) is 0. The van der Waals surface area contributed by atoms with Crippen molar-refractivity contribution in [3.63, 3.8) is 0 Å². The predicted molar refractivity (Wildman–Crippen MR) is 80.1 cm³/mol. The first-order chi connectivity index (χ1) is 14.0. The molecule has 2 atom stereocenters.